The standard InChI is InChI=1S/C43H77N5O27/c1-3-20(14-49)72-29(67-2)19-68-18-28(55)48-22(40(66)46-10-13-71-43-38(64)35(61)32(58)25(17-52)75-43)5-7-27(54)47-21(39(65)45-9-12-70-42-37(63)34(60)31(57)24(16-51)74-42)4-6-26(53)44-8-11-69-41-36(62)33(59)30(56)23(15-50)73-41/h20-25,29-38,41-43,49-52,56-64H,3-19H2,1-2H3,(H,44,53)(H,45,65)(H,46,66)(H,47,54)(H,48,55). The summed E-state index contributed by atoms with van der Waals surface area (Å²) in [5, 5.41) is 141. The summed E-state index contributed by atoms with van der Waals surface area (Å²) >= 11 is 0. The van der Waals surface area contributed by atoms with Crippen LogP contribution >= 0.6 is 0 Å². The number of methoxy groups -OCH3 is 1. The maximum atomic E-state index is 13.5. The number of aliphatic hydroxyl groups excluding tert-OH is 13. The minimum atomic E-state index is -1.74. The second-order valence-corrected chi connectivity index (χ2v) is 17.5. The molecule has 3 aliphatic rings. The Kier molecular flexibility index (Phi) is 30.1. The van der Waals surface area contributed by atoms with Gasteiger partial charge in [-0.2, -0.15) is 0 Å². The lowest BCUT2D eigenvalue weighted by Crippen LogP contribution is -2.59. The van der Waals surface area contributed by atoms with Gasteiger partial charge >= 0.3 is 0 Å². The van der Waals surface area contributed by atoms with E-state index >= 15 is 0 Å². The molecule has 3 heterocycles. The van der Waals surface area contributed by atoms with E-state index in [1.165, 1.54) is 7.11 Å². The SMILES string of the molecule is CCC(CO)OC(COCC(=O)NC(CCC(=O)NC(CCC(=O)NCCOC1OC(CO)C(O)C(O)C1O)C(=O)NCCOC1OC(CO)C(O)C(O)C1O)C(=O)NCCOC1OC(CO)C(O)C(O)C1O)OC. The Morgan fingerprint density at radius 3 is 1.28 bits per heavy atom. The number of nitrogens with one attached hydrogen (secondary N) is 5. The van der Waals surface area contributed by atoms with Gasteiger partial charge in [0.2, 0.25) is 29.5 Å². The van der Waals surface area contributed by atoms with Crippen LogP contribution in [0.3, 0.4) is 0 Å². The van der Waals surface area contributed by atoms with Crippen LogP contribution in [0, 0.1) is 0 Å². The molecule has 18 N–H and O–H groups in total. The van der Waals surface area contributed by atoms with E-state index in [1.807, 2.05) is 0 Å². The van der Waals surface area contributed by atoms with Crippen molar-refractivity contribution in [1.29, 1.82) is 0 Å². The van der Waals surface area contributed by atoms with Crippen LogP contribution < -0.4 is 26.6 Å². The molecular formula is C43H77N5O27. The van der Waals surface area contributed by atoms with Gasteiger partial charge in [-0.3, -0.25) is 24.0 Å². The smallest absolute Gasteiger partial charge is 0.246 e. The minimum absolute atomic E-state index is 0.198. The van der Waals surface area contributed by atoms with Crippen molar-refractivity contribution in [2.45, 2.75) is 156 Å². The molecule has 0 saturated carbocycles. The van der Waals surface area contributed by atoms with Crippen molar-refractivity contribution in [2.75, 3.05) is 86.2 Å². The van der Waals surface area contributed by atoms with Crippen molar-refractivity contribution in [3.05, 3.63) is 0 Å². The maximum Gasteiger partial charge on any atom is 0.246 e. The number of hydrogen-bond acceptors (Lipinski definition) is 27. The summed E-state index contributed by atoms with van der Waals surface area (Å²) in [7, 11) is 1.31. The Morgan fingerprint density at radius 2 is 0.907 bits per heavy atom. The van der Waals surface area contributed by atoms with E-state index in [0.29, 0.717) is 6.42 Å². The van der Waals surface area contributed by atoms with Crippen LogP contribution in [0.15, 0.2) is 0 Å². The molecule has 3 saturated heterocycles. The third-order valence-electron chi connectivity index (χ3n) is 12.0. The molecule has 32 nitrogen and oxygen atoms in total. The predicted molar refractivity (Wildman–Crippen MR) is 244 cm³/mol. The average molecular weight is 1100 g/mol. The maximum absolute atomic E-state index is 13.5. The van der Waals surface area contributed by atoms with Gasteiger partial charge in [-0.05, 0) is 19.3 Å². The van der Waals surface area contributed by atoms with Crippen LogP contribution in [0.1, 0.15) is 39.0 Å². The zero-order valence-corrected chi connectivity index (χ0v) is 41.5. The Balaban J connectivity index is 1.67. The molecule has 0 aliphatic carbocycles. The van der Waals surface area contributed by atoms with Crippen LogP contribution in [0.25, 0.3) is 0 Å². The van der Waals surface area contributed by atoms with Gasteiger partial charge in [0.25, 0.3) is 0 Å². The van der Waals surface area contributed by atoms with Crippen molar-refractivity contribution in [3.63, 3.8) is 0 Å². The van der Waals surface area contributed by atoms with Gasteiger partial charge in [0.05, 0.1) is 59.0 Å². The fraction of sp³-hybridized carbons (Fsp3) is 0.884. The monoisotopic (exact) mass is 1100 g/mol. The van der Waals surface area contributed by atoms with E-state index in [0.717, 1.165) is 0 Å². The van der Waals surface area contributed by atoms with Gasteiger partial charge in [0, 0.05) is 39.6 Å². The van der Waals surface area contributed by atoms with Gasteiger partial charge in [0.15, 0.2) is 25.2 Å². The Hall–Kier alpha value is -3.53. The summed E-state index contributed by atoms with van der Waals surface area (Å²) in [6.07, 6.45) is -26.4. The molecule has 75 heavy (non-hydrogen) atoms. The molecule has 19 unspecified atom stereocenters. The third kappa shape index (κ3) is 21.0. The minimum Gasteiger partial charge on any atom is -0.394 e. The molecular weight excluding hydrogens is 1020 g/mol. The predicted octanol–water partition coefficient (Wildman–Crippen LogP) is -10.9. The third-order valence-corrected chi connectivity index (χ3v) is 12.0. The zero-order valence-electron chi connectivity index (χ0n) is 41.5. The summed E-state index contributed by atoms with van der Waals surface area (Å²) in [6, 6.07) is -2.92. The first kappa shape index (κ1) is 65.8. The van der Waals surface area contributed by atoms with Gasteiger partial charge in [-0.15, -0.1) is 0 Å². The highest BCUT2D eigenvalue weighted by atomic mass is 16.7. The first-order chi connectivity index (χ1) is 35.7. The Labute approximate surface area is 430 Å². The van der Waals surface area contributed by atoms with E-state index in [9.17, 15) is 90.4 Å². The summed E-state index contributed by atoms with van der Waals surface area (Å²) in [6.45, 7) is -3.45. The van der Waals surface area contributed by atoms with Gasteiger partial charge in [-0.25, -0.2) is 0 Å². The summed E-state index contributed by atoms with van der Waals surface area (Å²) in [5.74, 6) is -4.08. The molecule has 0 bridgehead atoms. The Morgan fingerprint density at radius 1 is 0.520 bits per heavy atom. The van der Waals surface area contributed by atoms with Crippen LogP contribution in [0.2, 0.25) is 0 Å². The first-order valence-electron chi connectivity index (χ1n) is 24.3. The number of amides is 5. The molecule has 5 amide bonds. The van der Waals surface area contributed by atoms with E-state index < -0.39 is 192 Å². The molecule has 0 radical (unpaired) electrons. The number of carbonyl (C=O) groups is 5. The van der Waals surface area contributed by atoms with Crippen molar-refractivity contribution >= 4 is 29.5 Å². The van der Waals surface area contributed by atoms with E-state index in [4.69, 9.17) is 42.6 Å². The fourth-order valence-electron chi connectivity index (χ4n) is 7.50. The summed E-state index contributed by atoms with van der Waals surface area (Å²) < 4.78 is 48.1. The molecule has 0 aromatic carbocycles. The normalized spacial score (nSPS) is 31.6. The second-order valence-electron chi connectivity index (χ2n) is 17.5. The molecule has 3 aliphatic heterocycles. The van der Waals surface area contributed by atoms with Crippen molar-refractivity contribution in [2.24, 2.45) is 0 Å². The second kappa shape index (κ2) is 34.4. The topological polar surface area (TPSA) is 492 Å². The van der Waals surface area contributed by atoms with Gasteiger partial charge < -0.3 is 136 Å². The fourth-order valence-corrected chi connectivity index (χ4v) is 7.50. The molecule has 0 spiro atoms. The van der Waals surface area contributed by atoms with Crippen molar-refractivity contribution < 1.29 is 133 Å². The lowest BCUT2D eigenvalue weighted by atomic mass is 9.99. The number of carbonyl (C=O) groups excluding carboxylic acids is 5. The molecule has 0 aromatic heterocycles. The van der Waals surface area contributed by atoms with Crippen LogP contribution in [0.5, 0.6) is 0 Å². The van der Waals surface area contributed by atoms with E-state index in [1.54, 1.807) is 6.92 Å². The van der Waals surface area contributed by atoms with Crippen LogP contribution in [0.4, 0.5) is 0 Å². The van der Waals surface area contributed by atoms with Crippen LogP contribution in [-0.4, -0.2) is 299 Å². The molecule has 32 heteroatoms. The molecule has 436 valence electrons. The number of aliphatic hydroxyl groups is 13. The molecule has 0 aromatic rings. The quantitative estimate of drug-likeness (QED) is 0.0210. The molecule has 19 atom stereocenters. The zero-order chi connectivity index (χ0) is 55.8. The van der Waals surface area contributed by atoms with Crippen molar-refractivity contribution in [1.82, 2.24) is 26.6 Å². The highest BCUT2D eigenvalue weighted by Gasteiger charge is 2.46. The Bertz CT molecular complexity index is 1690. The largest absolute Gasteiger partial charge is 0.394 e. The summed E-state index contributed by atoms with van der Waals surface area (Å²) in [4.78, 5) is 66.5. The van der Waals surface area contributed by atoms with Crippen molar-refractivity contribution in [3.8, 4) is 0 Å². The van der Waals surface area contributed by atoms with Crippen LogP contribution in [-0.2, 0) is 66.6 Å². The van der Waals surface area contributed by atoms with E-state index in [2.05, 4.69) is 26.6 Å². The lowest BCUT2D eigenvalue weighted by Gasteiger charge is -2.39. The average Bonchev–Trinajstić information content (AvgIpc) is 3.40. The molecule has 3 fully saturated rings. The number of ether oxygens (including phenoxy) is 9. The van der Waals surface area contributed by atoms with E-state index in [-0.39, 0.29) is 59.1 Å². The molecule has 3 rings (SSSR count). The summed E-state index contributed by atoms with van der Waals surface area (Å²) in [5.41, 5.74) is 0. The number of rotatable bonds is 34. The van der Waals surface area contributed by atoms with Gasteiger partial charge in [-0.1, -0.05) is 6.92 Å². The first-order valence-corrected chi connectivity index (χ1v) is 24.3. The lowest BCUT2D eigenvalue weighted by molar-refractivity contribution is -0.300. The highest BCUT2D eigenvalue weighted by Crippen LogP contribution is 2.24. The highest BCUT2D eigenvalue weighted by molar-refractivity contribution is 5.90. The number of hydrogen-bond donors (Lipinski definition) is 18. The van der Waals surface area contributed by atoms with Gasteiger partial charge in [0.1, 0.15) is 91.9 Å².